The van der Waals surface area contributed by atoms with Crippen molar-refractivity contribution in [3.8, 4) is 11.5 Å². The number of carbonyl (C=O) groups is 2. The van der Waals surface area contributed by atoms with Gasteiger partial charge in [-0.15, -0.1) is 45.3 Å². The van der Waals surface area contributed by atoms with E-state index < -0.39 is 0 Å². The van der Waals surface area contributed by atoms with Gasteiger partial charge in [0.25, 0.3) is 0 Å². The molecule has 0 N–H and O–H groups in total. The normalized spacial score (nSPS) is 11.0. The molecule has 48 heavy (non-hydrogen) atoms. The maximum absolute atomic E-state index is 13.0. The number of thiophene rings is 4. The maximum Gasteiger partial charge on any atom is 0.410 e. The number of benzene rings is 1. The minimum Gasteiger partial charge on any atom is -0.490 e. The summed E-state index contributed by atoms with van der Waals surface area (Å²) in [6.45, 7) is 3.19. The largest absolute Gasteiger partial charge is 0.490 e. The van der Waals surface area contributed by atoms with E-state index in [0.717, 1.165) is 25.1 Å². The Morgan fingerprint density at radius 2 is 0.917 bits per heavy atom. The Labute approximate surface area is 297 Å². The van der Waals surface area contributed by atoms with Crippen molar-refractivity contribution in [3.05, 3.63) is 113 Å². The third-order valence-electron chi connectivity index (χ3n) is 6.82. The van der Waals surface area contributed by atoms with E-state index in [9.17, 15) is 9.59 Å². The number of hydrogen-bond acceptors (Lipinski definition) is 11. The Morgan fingerprint density at radius 1 is 0.542 bits per heavy atom. The molecule has 9 nitrogen and oxygen atoms in total. The van der Waals surface area contributed by atoms with Crippen LogP contribution < -0.4 is 9.47 Å². The molecule has 0 bridgehead atoms. The van der Waals surface area contributed by atoms with Crippen molar-refractivity contribution in [2.45, 2.75) is 32.7 Å². The topological polar surface area (TPSA) is 80.8 Å². The lowest BCUT2D eigenvalue weighted by Gasteiger charge is -2.21. The molecular weight excluding hydrogens is 687 g/mol. The van der Waals surface area contributed by atoms with Crippen LogP contribution in [-0.2, 0) is 42.2 Å². The highest BCUT2D eigenvalue weighted by molar-refractivity contribution is 7.10. The molecular formula is C35H39N3O6S4. The van der Waals surface area contributed by atoms with Crippen molar-refractivity contribution in [1.29, 1.82) is 0 Å². The molecule has 254 valence electrons. The van der Waals surface area contributed by atoms with Crippen LogP contribution >= 0.6 is 45.3 Å². The molecule has 5 rings (SSSR count). The Morgan fingerprint density at radius 3 is 1.23 bits per heavy atom. The van der Waals surface area contributed by atoms with Crippen LogP contribution in [0.5, 0.6) is 11.5 Å². The van der Waals surface area contributed by atoms with E-state index in [1.54, 1.807) is 61.2 Å². The summed E-state index contributed by atoms with van der Waals surface area (Å²) in [6.07, 6.45) is -0.769. The predicted molar refractivity (Wildman–Crippen MR) is 193 cm³/mol. The fraction of sp³-hybridized carbons (Fsp3) is 0.314. The van der Waals surface area contributed by atoms with E-state index in [4.69, 9.17) is 18.9 Å². The summed E-state index contributed by atoms with van der Waals surface area (Å²) in [4.78, 5) is 35.9. The second-order valence-electron chi connectivity index (χ2n) is 11.0. The zero-order valence-corrected chi connectivity index (χ0v) is 30.2. The van der Waals surface area contributed by atoms with Gasteiger partial charge in [-0.05, 0) is 77.6 Å². The van der Waals surface area contributed by atoms with Crippen LogP contribution in [-0.4, -0.2) is 67.4 Å². The summed E-state index contributed by atoms with van der Waals surface area (Å²) in [5.41, 5.74) is 0.998. The predicted octanol–water partition coefficient (Wildman–Crippen LogP) is 8.43. The van der Waals surface area contributed by atoms with E-state index in [1.165, 1.54) is 0 Å². The van der Waals surface area contributed by atoms with Crippen molar-refractivity contribution >= 4 is 57.5 Å². The van der Waals surface area contributed by atoms with Gasteiger partial charge in [0.1, 0.15) is 37.9 Å². The monoisotopic (exact) mass is 725 g/mol. The van der Waals surface area contributed by atoms with E-state index >= 15 is 0 Å². The molecule has 0 aliphatic heterocycles. The van der Waals surface area contributed by atoms with Crippen molar-refractivity contribution < 1.29 is 28.5 Å². The van der Waals surface area contributed by atoms with Gasteiger partial charge in [-0.3, -0.25) is 9.80 Å². The van der Waals surface area contributed by atoms with Gasteiger partial charge in [-0.2, -0.15) is 0 Å². The number of hydrogen-bond donors (Lipinski definition) is 0. The van der Waals surface area contributed by atoms with Crippen LogP contribution in [0.2, 0.25) is 0 Å². The molecule has 0 unspecified atom stereocenters. The highest BCUT2D eigenvalue weighted by atomic mass is 32.1. The van der Waals surface area contributed by atoms with Gasteiger partial charge in [0, 0.05) is 32.1 Å². The first kappa shape index (κ1) is 35.4. The number of carbonyl (C=O) groups excluding carboxylic acids is 2. The minimum atomic E-state index is -0.385. The van der Waals surface area contributed by atoms with E-state index in [0.29, 0.717) is 44.2 Å². The van der Waals surface area contributed by atoms with E-state index in [1.807, 2.05) is 96.3 Å². The van der Waals surface area contributed by atoms with Gasteiger partial charge in [0.2, 0.25) is 0 Å². The summed E-state index contributed by atoms with van der Waals surface area (Å²) in [6, 6.07) is 21.7. The molecule has 0 aliphatic rings. The van der Waals surface area contributed by atoms with Gasteiger partial charge in [0.15, 0.2) is 0 Å². The zero-order valence-electron chi connectivity index (χ0n) is 26.9. The molecule has 4 heterocycles. The van der Waals surface area contributed by atoms with Gasteiger partial charge in [-0.1, -0.05) is 24.3 Å². The van der Waals surface area contributed by atoms with Crippen LogP contribution in [0.3, 0.4) is 0 Å². The smallest absolute Gasteiger partial charge is 0.410 e. The second-order valence-corrected chi connectivity index (χ2v) is 15.1. The molecule has 4 aromatic heterocycles. The molecule has 0 radical (unpaired) electrons. The highest BCUT2D eigenvalue weighted by Crippen LogP contribution is 2.25. The first-order valence-corrected chi connectivity index (χ1v) is 18.9. The molecule has 0 spiro atoms. The highest BCUT2D eigenvalue weighted by Gasteiger charge is 2.19. The second kappa shape index (κ2) is 18.6. The van der Waals surface area contributed by atoms with E-state index in [-0.39, 0.29) is 38.6 Å². The fourth-order valence-corrected chi connectivity index (χ4v) is 7.62. The van der Waals surface area contributed by atoms with Crippen LogP contribution in [0.4, 0.5) is 9.59 Å². The van der Waals surface area contributed by atoms with Crippen LogP contribution in [0.25, 0.3) is 0 Å². The molecule has 0 saturated heterocycles. The molecule has 0 saturated carbocycles. The van der Waals surface area contributed by atoms with Crippen molar-refractivity contribution in [2.24, 2.45) is 0 Å². The number of ether oxygens (including phenoxy) is 4. The lowest BCUT2D eigenvalue weighted by molar-refractivity contribution is 0.0835. The van der Waals surface area contributed by atoms with Gasteiger partial charge in [0.05, 0.1) is 26.2 Å². The quantitative estimate of drug-likeness (QED) is 0.0840. The molecule has 13 heteroatoms. The lowest BCUT2D eigenvalue weighted by atomic mass is 10.2. The summed E-state index contributed by atoms with van der Waals surface area (Å²) < 4.78 is 23.2. The first-order valence-electron chi connectivity index (χ1n) is 15.4. The van der Waals surface area contributed by atoms with Gasteiger partial charge < -0.3 is 23.8 Å². The van der Waals surface area contributed by atoms with Crippen molar-refractivity contribution in [2.75, 3.05) is 40.5 Å². The molecule has 0 aliphatic carbocycles. The Bertz CT molecular complexity index is 1450. The Balaban J connectivity index is 1.11. The third-order valence-corrected chi connectivity index (χ3v) is 10.3. The molecule has 2 amide bonds. The fourth-order valence-electron chi connectivity index (χ4n) is 4.75. The zero-order chi connectivity index (χ0) is 33.6. The SMILES string of the molecule is CN(C)Cc1cc(OCCOC(=O)N(Cc2cccs2)Cc2cccs2)cc(OCCOC(=O)N(Cc2cccs2)Cc2cccs2)c1. The summed E-state index contributed by atoms with van der Waals surface area (Å²) >= 11 is 6.45. The number of nitrogens with zero attached hydrogens (tertiary/aromatic N) is 3. The number of rotatable bonds is 18. The molecule has 5 aromatic rings. The standard InChI is InChI=1S/C35H39N3O6S4/c1-36(2)22-27-19-28(41-11-13-43-34(39)37(23-30-7-3-15-45-30)24-31-8-4-16-46-31)21-29(20-27)42-12-14-44-35(40)38(25-32-9-5-17-47-32)26-33-10-6-18-48-33/h3-10,15-21H,11-14,22-26H2,1-2H3. The summed E-state index contributed by atoms with van der Waals surface area (Å²) in [5.74, 6) is 1.20. The Hall–Kier alpha value is -3.88. The number of amides is 2. The molecule has 1 aromatic carbocycles. The van der Waals surface area contributed by atoms with Gasteiger partial charge >= 0.3 is 12.2 Å². The first-order chi connectivity index (χ1) is 23.4. The van der Waals surface area contributed by atoms with Crippen LogP contribution in [0, 0.1) is 0 Å². The molecule has 0 atom stereocenters. The van der Waals surface area contributed by atoms with Crippen LogP contribution in [0.15, 0.2) is 88.3 Å². The lowest BCUT2D eigenvalue weighted by Crippen LogP contribution is -2.31. The summed E-state index contributed by atoms with van der Waals surface area (Å²) in [5, 5.41) is 8.01. The van der Waals surface area contributed by atoms with E-state index in [2.05, 4.69) is 4.90 Å². The summed E-state index contributed by atoms with van der Waals surface area (Å²) in [7, 11) is 3.98. The van der Waals surface area contributed by atoms with Crippen molar-refractivity contribution in [3.63, 3.8) is 0 Å². The minimum absolute atomic E-state index is 0.0989. The van der Waals surface area contributed by atoms with Crippen LogP contribution in [0.1, 0.15) is 25.1 Å². The Kier molecular flexibility index (Phi) is 13.7. The van der Waals surface area contributed by atoms with Crippen molar-refractivity contribution in [1.82, 2.24) is 14.7 Å². The maximum atomic E-state index is 13.0. The average molecular weight is 726 g/mol. The molecule has 0 fully saturated rings. The third kappa shape index (κ3) is 11.7. The van der Waals surface area contributed by atoms with Gasteiger partial charge in [-0.25, -0.2) is 9.59 Å². The average Bonchev–Trinajstić information content (AvgIpc) is 3.90.